The van der Waals surface area contributed by atoms with Crippen LogP contribution in [-0.4, -0.2) is 29.0 Å². The maximum Gasteiger partial charge on any atom is 0.286 e. The van der Waals surface area contributed by atoms with Gasteiger partial charge in [-0.25, -0.2) is 0 Å². The molecule has 2 aromatic heterocycles. The van der Waals surface area contributed by atoms with Gasteiger partial charge in [-0.2, -0.15) is 5.10 Å². The standard InChI is InChI=1S/C20H21N3O5/c1-14-7-9-22-23(14)10-2-8-21-20(24)18-6-4-16(28-18)12-25-15-3-5-17-19(11-15)27-13-26-17/h3-7,9,11H,2,8,10,12-13H2,1H3,(H,21,24). The largest absolute Gasteiger partial charge is 0.486 e. The number of carbonyl (C=O) groups excluding carboxylic acids is 1. The lowest BCUT2D eigenvalue weighted by Gasteiger charge is -2.06. The van der Waals surface area contributed by atoms with Gasteiger partial charge in [-0.15, -0.1) is 0 Å². The number of rotatable bonds is 8. The van der Waals surface area contributed by atoms with Gasteiger partial charge in [-0.3, -0.25) is 9.48 Å². The van der Waals surface area contributed by atoms with Crippen molar-refractivity contribution in [2.24, 2.45) is 0 Å². The number of fused-ring (bicyclic) bond motifs is 1. The summed E-state index contributed by atoms with van der Waals surface area (Å²) in [6.45, 7) is 3.73. The van der Waals surface area contributed by atoms with Crippen molar-refractivity contribution in [2.45, 2.75) is 26.5 Å². The zero-order chi connectivity index (χ0) is 19.3. The molecule has 0 radical (unpaired) electrons. The molecule has 0 atom stereocenters. The number of amides is 1. The van der Waals surface area contributed by atoms with Crippen molar-refractivity contribution in [1.82, 2.24) is 15.1 Å². The van der Waals surface area contributed by atoms with Crippen molar-refractivity contribution < 1.29 is 23.4 Å². The van der Waals surface area contributed by atoms with E-state index in [0.717, 1.165) is 18.7 Å². The van der Waals surface area contributed by atoms with Crippen molar-refractivity contribution in [2.75, 3.05) is 13.3 Å². The molecule has 1 aromatic carbocycles. The molecule has 8 heteroatoms. The summed E-state index contributed by atoms with van der Waals surface area (Å²) >= 11 is 0. The number of benzene rings is 1. The van der Waals surface area contributed by atoms with E-state index < -0.39 is 0 Å². The van der Waals surface area contributed by atoms with Gasteiger partial charge in [0, 0.05) is 31.0 Å². The Morgan fingerprint density at radius 3 is 2.96 bits per heavy atom. The van der Waals surface area contributed by atoms with Gasteiger partial charge in [0.05, 0.1) is 0 Å². The van der Waals surface area contributed by atoms with E-state index in [-0.39, 0.29) is 25.1 Å². The minimum Gasteiger partial charge on any atom is -0.486 e. The first-order chi connectivity index (χ1) is 13.7. The fourth-order valence-electron chi connectivity index (χ4n) is 2.85. The third kappa shape index (κ3) is 4.11. The summed E-state index contributed by atoms with van der Waals surface area (Å²) in [5, 5.41) is 7.07. The predicted octanol–water partition coefficient (Wildman–Crippen LogP) is 2.91. The SMILES string of the molecule is Cc1ccnn1CCCNC(=O)c1ccc(COc2ccc3c(c2)OCO3)o1. The number of nitrogens with zero attached hydrogens (tertiary/aromatic N) is 2. The third-order valence-corrected chi connectivity index (χ3v) is 4.37. The minimum atomic E-state index is -0.244. The Kier molecular flexibility index (Phi) is 5.18. The highest BCUT2D eigenvalue weighted by molar-refractivity contribution is 5.91. The summed E-state index contributed by atoms with van der Waals surface area (Å²) in [5.74, 6) is 2.58. The molecule has 1 amide bonds. The Hall–Kier alpha value is -3.42. The van der Waals surface area contributed by atoms with Crippen LogP contribution in [0, 0.1) is 6.92 Å². The van der Waals surface area contributed by atoms with Crippen molar-refractivity contribution in [3.63, 3.8) is 0 Å². The van der Waals surface area contributed by atoms with Crippen molar-refractivity contribution >= 4 is 5.91 Å². The first kappa shape index (κ1) is 18.0. The van der Waals surface area contributed by atoms with Crippen molar-refractivity contribution in [1.29, 1.82) is 0 Å². The second-order valence-corrected chi connectivity index (χ2v) is 6.37. The fraction of sp³-hybridized carbons (Fsp3) is 0.300. The molecule has 4 rings (SSSR count). The van der Waals surface area contributed by atoms with Crippen LogP contribution in [0.15, 0.2) is 47.0 Å². The Balaban J connectivity index is 1.23. The maximum absolute atomic E-state index is 12.2. The van der Waals surface area contributed by atoms with Crippen LogP contribution < -0.4 is 19.5 Å². The molecular formula is C20H21N3O5. The zero-order valence-corrected chi connectivity index (χ0v) is 15.5. The van der Waals surface area contributed by atoms with Gasteiger partial charge in [0.25, 0.3) is 5.91 Å². The van der Waals surface area contributed by atoms with E-state index in [9.17, 15) is 4.79 Å². The lowest BCUT2D eigenvalue weighted by molar-refractivity contribution is 0.0921. The van der Waals surface area contributed by atoms with Gasteiger partial charge in [-0.05, 0) is 43.7 Å². The van der Waals surface area contributed by atoms with E-state index in [1.807, 2.05) is 17.7 Å². The Morgan fingerprint density at radius 1 is 1.21 bits per heavy atom. The van der Waals surface area contributed by atoms with E-state index in [0.29, 0.717) is 29.6 Å². The first-order valence-corrected chi connectivity index (χ1v) is 9.07. The van der Waals surface area contributed by atoms with E-state index in [4.69, 9.17) is 18.6 Å². The number of aromatic nitrogens is 2. The summed E-state index contributed by atoms with van der Waals surface area (Å²) in [6, 6.07) is 10.7. The van der Waals surface area contributed by atoms with Crippen LogP contribution >= 0.6 is 0 Å². The summed E-state index contributed by atoms with van der Waals surface area (Å²) in [5.41, 5.74) is 1.10. The molecule has 8 nitrogen and oxygen atoms in total. The quantitative estimate of drug-likeness (QED) is 0.602. The second-order valence-electron chi connectivity index (χ2n) is 6.37. The monoisotopic (exact) mass is 383 g/mol. The molecule has 0 saturated carbocycles. The average Bonchev–Trinajstić information content (AvgIpc) is 3.44. The summed E-state index contributed by atoms with van der Waals surface area (Å²) in [4.78, 5) is 12.2. The molecule has 3 heterocycles. The number of carbonyl (C=O) groups is 1. The highest BCUT2D eigenvalue weighted by Crippen LogP contribution is 2.35. The summed E-state index contributed by atoms with van der Waals surface area (Å²) < 4.78 is 23.8. The maximum atomic E-state index is 12.2. The average molecular weight is 383 g/mol. The van der Waals surface area contributed by atoms with E-state index in [1.165, 1.54) is 0 Å². The van der Waals surface area contributed by atoms with Gasteiger partial charge < -0.3 is 23.9 Å². The molecule has 0 saturated heterocycles. The summed E-state index contributed by atoms with van der Waals surface area (Å²) in [7, 11) is 0. The molecule has 146 valence electrons. The van der Waals surface area contributed by atoms with Gasteiger partial charge in [0.15, 0.2) is 17.3 Å². The van der Waals surface area contributed by atoms with Gasteiger partial charge in [0.1, 0.15) is 18.1 Å². The van der Waals surface area contributed by atoms with Crippen LogP contribution in [0.5, 0.6) is 17.2 Å². The molecule has 0 unspecified atom stereocenters. The molecule has 1 aliphatic heterocycles. The van der Waals surface area contributed by atoms with E-state index >= 15 is 0 Å². The van der Waals surface area contributed by atoms with Crippen LogP contribution in [0.3, 0.4) is 0 Å². The molecule has 1 aliphatic rings. The zero-order valence-electron chi connectivity index (χ0n) is 15.5. The highest BCUT2D eigenvalue weighted by atomic mass is 16.7. The highest BCUT2D eigenvalue weighted by Gasteiger charge is 2.15. The number of hydrogen-bond acceptors (Lipinski definition) is 6. The molecular weight excluding hydrogens is 362 g/mol. The molecule has 0 aliphatic carbocycles. The molecule has 0 fully saturated rings. The Labute approximate surface area is 162 Å². The van der Waals surface area contributed by atoms with Crippen LogP contribution in [-0.2, 0) is 13.2 Å². The second kappa shape index (κ2) is 8.08. The van der Waals surface area contributed by atoms with Crippen LogP contribution in [0.2, 0.25) is 0 Å². The van der Waals surface area contributed by atoms with Gasteiger partial charge >= 0.3 is 0 Å². The normalized spacial score (nSPS) is 12.2. The number of ether oxygens (including phenoxy) is 3. The number of aryl methyl sites for hydroxylation is 2. The Morgan fingerprint density at radius 2 is 2.11 bits per heavy atom. The molecule has 1 N–H and O–H groups in total. The smallest absolute Gasteiger partial charge is 0.286 e. The number of furan rings is 1. The molecule has 3 aromatic rings. The molecule has 0 spiro atoms. The first-order valence-electron chi connectivity index (χ1n) is 9.07. The lowest BCUT2D eigenvalue weighted by Crippen LogP contribution is -2.25. The van der Waals surface area contributed by atoms with Crippen LogP contribution in [0.25, 0.3) is 0 Å². The fourth-order valence-corrected chi connectivity index (χ4v) is 2.85. The van der Waals surface area contributed by atoms with Crippen molar-refractivity contribution in [3.8, 4) is 17.2 Å². The Bertz CT molecular complexity index is 962. The number of hydrogen-bond donors (Lipinski definition) is 1. The van der Waals surface area contributed by atoms with Crippen molar-refractivity contribution in [3.05, 3.63) is 59.8 Å². The van der Waals surface area contributed by atoms with Gasteiger partial charge in [0.2, 0.25) is 6.79 Å². The predicted molar refractivity (Wildman–Crippen MR) is 99.5 cm³/mol. The number of nitrogens with one attached hydrogen (secondary N) is 1. The third-order valence-electron chi connectivity index (χ3n) is 4.37. The van der Waals surface area contributed by atoms with Gasteiger partial charge in [-0.1, -0.05) is 0 Å². The summed E-state index contributed by atoms with van der Waals surface area (Å²) in [6.07, 6.45) is 2.55. The molecule has 28 heavy (non-hydrogen) atoms. The van der Waals surface area contributed by atoms with E-state index in [2.05, 4.69) is 10.4 Å². The van der Waals surface area contributed by atoms with Crippen LogP contribution in [0.1, 0.15) is 28.4 Å². The van der Waals surface area contributed by atoms with E-state index in [1.54, 1.807) is 36.5 Å². The van der Waals surface area contributed by atoms with Crippen LogP contribution in [0.4, 0.5) is 0 Å². The topological polar surface area (TPSA) is 87.8 Å². The molecule has 0 bridgehead atoms. The minimum absolute atomic E-state index is 0.214. The lowest BCUT2D eigenvalue weighted by atomic mass is 10.3.